The molecule has 0 amide bonds. The predicted molar refractivity (Wildman–Crippen MR) is 181 cm³/mol. The molecular weight excluding hydrogens is 716 g/mol. The second-order valence-corrected chi connectivity index (χ2v) is 13.0. The maximum absolute atomic E-state index is 14.1. The first-order valence-corrected chi connectivity index (χ1v) is 17.6. The van der Waals surface area contributed by atoms with E-state index in [9.17, 15) is 24.0 Å². The lowest BCUT2D eigenvalue weighted by molar-refractivity contribution is -0.200. The number of fused-ring (bicyclic) bond motifs is 5. The molecule has 14 heteroatoms. The number of pyridine rings is 2. The lowest BCUT2D eigenvalue weighted by Crippen LogP contribution is -2.47. The van der Waals surface area contributed by atoms with Crippen molar-refractivity contribution in [2.45, 2.75) is 90.3 Å². The van der Waals surface area contributed by atoms with Gasteiger partial charge in [-0.15, -0.1) is 0 Å². The van der Waals surface area contributed by atoms with Gasteiger partial charge in [0.25, 0.3) is 5.56 Å². The van der Waals surface area contributed by atoms with E-state index >= 15 is 0 Å². The van der Waals surface area contributed by atoms with Crippen LogP contribution < -0.4 is 5.56 Å². The van der Waals surface area contributed by atoms with E-state index in [0.717, 1.165) is 28.3 Å². The number of carbonyl (C=O) groups excluding carboxylic acids is 4. The third-order valence-electron chi connectivity index (χ3n) is 9.01. The maximum Gasteiger partial charge on any atom is 0.355 e. The zero-order valence-corrected chi connectivity index (χ0v) is 29.5. The fourth-order valence-electron chi connectivity index (χ4n) is 6.56. The largest absolute Gasteiger partial charge is 0.463 e. The average Bonchev–Trinajstić information content (AvgIpc) is 3.46. The van der Waals surface area contributed by atoms with Crippen molar-refractivity contribution in [1.82, 2.24) is 9.55 Å². The molecule has 0 fully saturated rings. The Morgan fingerprint density at radius 2 is 1.88 bits per heavy atom. The van der Waals surface area contributed by atoms with Gasteiger partial charge >= 0.3 is 23.9 Å². The standard InChI is InChI=1S/C36H37BrN2O11/c1-4-36(50-31(42)11-7-8-14-37)26-15-28-33-23(16-39(28)34(43)25(26)18-47-35(36)44)24(22-9-5-6-10-27(22)38-33)17-46-32-13-12-29(48-21(3)41)30(49-32)19-45-20(2)40/h5-6,9-10,12-13,15,29-30,32H,4,7-8,11,14,16-19H2,1-3H3/t29-,30+,32?,36-/m0/s1. The van der Waals surface area contributed by atoms with Gasteiger partial charge in [0.05, 0.1) is 35.6 Å². The summed E-state index contributed by atoms with van der Waals surface area (Å²) in [6.07, 6.45) is 2.35. The summed E-state index contributed by atoms with van der Waals surface area (Å²) in [5, 5.41) is 1.54. The summed E-state index contributed by atoms with van der Waals surface area (Å²) in [5.74, 6) is -2.28. The Morgan fingerprint density at radius 3 is 2.62 bits per heavy atom. The number of para-hydroxylation sites is 1. The summed E-state index contributed by atoms with van der Waals surface area (Å²) in [5.41, 5.74) is 1.63. The lowest BCUT2D eigenvalue weighted by Gasteiger charge is -2.35. The summed E-state index contributed by atoms with van der Waals surface area (Å²) in [7, 11) is 0. The molecule has 0 aliphatic carbocycles. The zero-order valence-electron chi connectivity index (χ0n) is 27.9. The molecule has 1 aromatic carbocycles. The topological polar surface area (TPSA) is 159 Å². The van der Waals surface area contributed by atoms with Crippen molar-refractivity contribution in [3.05, 3.63) is 75.1 Å². The number of hydrogen-bond donors (Lipinski definition) is 0. The molecule has 3 aromatic rings. The smallest absolute Gasteiger partial charge is 0.355 e. The van der Waals surface area contributed by atoms with Crippen LogP contribution in [0, 0.1) is 0 Å². The minimum absolute atomic E-state index is 0.0495. The van der Waals surface area contributed by atoms with E-state index in [-0.39, 0.29) is 50.3 Å². The number of cyclic esters (lactones) is 1. The van der Waals surface area contributed by atoms with Gasteiger partial charge < -0.3 is 33.0 Å². The number of benzene rings is 1. The van der Waals surface area contributed by atoms with Gasteiger partial charge in [-0.25, -0.2) is 9.78 Å². The van der Waals surface area contributed by atoms with Gasteiger partial charge in [-0.2, -0.15) is 0 Å². The molecule has 0 bridgehead atoms. The summed E-state index contributed by atoms with van der Waals surface area (Å²) in [6, 6.07) is 9.24. The Bertz CT molecular complexity index is 1940. The number of rotatable bonds is 12. The number of halogens is 1. The molecule has 13 nitrogen and oxygen atoms in total. The number of unbranched alkanes of at least 4 members (excludes halogenated alkanes) is 1. The van der Waals surface area contributed by atoms with Crippen LogP contribution in [0.15, 0.2) is 47.3 Å². The molecule has 1 unspecified atom stereocenters. The summed E-state index contributed by atoms with van der Waals surface area (Å²) in [6.45, 7) is 4.11. The number of ether oxygens (including phenoxy) is 6. The Morgan fingerprint density at radius 1 is 1.08 bits per heavy atom. The van der Waals surface area contributed by atoms with Gasteiger partial charge in [-0.05, 0) is 49.1 Å². The third kappa shape index (κ3) is 6.83. The number of esters is 4. The molecule has 264 valence electrons. The Hall–Kier alpha value is -4.40. The van der Waals surface area contributed by atoms with E-state index in [0.29, 0.717) is 28.9 Å². The van der Waals surface area contributed by atoms with Crippen LogP contribution in [0.25, 0.3) is 22.3 Å². The van der Waals surface area contributed by atoms with Gasteiger partial charge in [-0.3, -0.25) is 19.2 Å². The quantitative estimate of drug-likeness (QED) is 0.0658. The molecule has 3 aliphatic heterocycles. The highest BCUT2D eigenvalue weighted by Crippen LogP contribution is 2.42. The number of alkyl halides is 1. The first-order chi connectivity index (χ1) is 24.1. The lowest BCUT2D eigenvalue weighted by atomic mass is 9.85. The molecule has 2 aromatic heterocycles. The Balaban J connectivity index is 1.36. The molecule has 4 atom stereocenters. The summed E-state index contributed by atoms with van der Waals surface area (Å²) >= 11 is 3.36. The van der Waals surface area contributed by atoms with Crippen molar-refractivity contribution in [2.75, 3.05) is 11.9 Å². The van der Waals surface area contributed by atoms with Crippen molar-refractivity contribution in [3.8, 4) is 11.4 Å². The highest BCUT2D eigenvalue weighted by Gasteiger charge is 2.50. The van der Waals surface area contributed by atoms with Crippen LogP contribution in [-0.2, 0) is 73.0 Å². The normalized spacial score (nSPS) is 21.9. The molecule has 0 N–H and O–H groups in total. The monoisotopic (exact) mass is 752 g/mol. The number of nitrogens with zero attached hydrogens (tertiary/aromatic N) is 2. The van der Waals surface area contributed by atoms with Crippen LogP contribution in [0.2, 0.25) is 0 Å². The number of aromatic nitrogens is 2. The van der Waals surface area contributed by atoms with Crippen LogP contribution in [-0.4, -0.2) is 63.9 Å². The molecular formula is C36H37BrN2O11. The second-order valence-electron chi connectivity index (χ2n) is 12.2. The van der Waals surface area contributed by atoms with E-state index in [1.807, 2.05) is 24.3 Å². The first kappa shape index (κ1) is 35.4. The van der Waals surface area contributed by atoms with E-state index in [1.165, 1.54) is 13.8 Å². The van der Waals surface area contributed by atoms with Crippen molar-refractivity contribution < 1.29 is 47.6 Å². The molecule has 6 rings (SSSR count). The van der Waals surface area contributed by atoms with Gasteiger partial charge in [0.15, 0.2) is 6.29 Å². The summed E-state index contributed by atoms with van der Waals surface area (Å²) < 4.78 is 35.7. The Kier molecular flexibility index (Phi) is 10.5. The van der Waals surface area contributed by atoms with Crippen LogP contribution in [0.3, 0.4) is 0 Å². The van der Waals surface area contributed by atoms with Crippen LogP contribution in [0.4, 0.5) is 0 Å². The minimum atomic E-state index is -1.77. The zero-order chi connectivity index (χ0) is 35.6. The van der Waals surface area contributed by atoms with Crippen LogP contribution >= 0.6 is 15.9 Å². The van der Waals surface area contributed by atoms with Crippen LogP contribution in [0.1, 0.15) is 68.7 Å². The molecule has 0 saturated carbocycles. The van der Waals surface area contributed by atoms with E-state index < -0.39 is 48.0 Å². The highest BCUT2D eigenvalue weighted by molar-refractivity contribution is 9.09. The first-order valence-electron chi connectivity index (χ1n) is 16.4. The van der Waals surface area contributed by atoms with Gasteiger partial charge in [0.2, 0.25) is 5.60 Å². The fourth-order valence-corrected chi connectivity index (χ4v) is 6.96. The average molecular weight is 754 g/mol. The number of carbonyl (C=O) groups is 4. The van der Waals surface area contributed by atoms with Gasteiger partial charge in [-0.1, -0.05) is 41.1 Å². The van der Waals surface area contributed by atoms with E-state index in [4.69, 9.17) is 33.4 Å². The number of hydrogen-bond acceptors (Lipinski definition) is 12. The third-order valence-corrected chi connectivity index (χ3v) is 9.57. The van der Waals surface area contributed by atoms with Crippen molar-refractivity contribution >= 4 is 50.7 Å². The second kappa shape index (κ2) is 14.8. The van der Waals surface area contributed by atoms with E-state index in [2.05, 4.69) is 15.9 Å². The van der Waals surface area contributed by atoms with E-state index in [1.54, 1.807) is 29.7 Å². The van der Waals surface area contributed by atoms with Gasteiger partial charge in [0.1, 0.15) is 25.4 Å². The van der Waals surface area contributed by atoms with Crippen molar-refractivity contribution in [1.29, 1.82) is 0 Å². The maximum atomic E-state index is 14.1. The minimum Gasteiger partial charge on any atom is -0.463 e. The molecule has 5 heterocycles. The van der Waals surface area contributed by atoms with Gasteiger partial charge in [0, 0.05) is 42.1 Å². The Labute approximate surface area is 295 Å². The predicted octanol–water partition coefficient (Wildman–Crippen LogP) is 4.49. The van der Waals surface area contributed by atoms with Crippen molar-refractivity contribution in [2.24, 2.45) is 0 Å². The molecule has 50 heavy (non-hydrogen) atoms. The highest BCUT2D eigenvalue weighted by atomic mass is 79.9. The van der Waals surface area contributed by atoms with Crippen molar-refractivity contribution in [3.63, 3.8) is 0 Å². The fraction of sp³-hybridized carbons (Fsp3) is 0.444. The molecule has 0 radical (unpaired) electrons. The SMILES string of the molecule is CC[C@@]1(OC(=O)CCCCBr)C(=O)OCc2c1cc1n(c2=O)Cc2c-1nc1ccccc1c2COC1C=C[C@H](OC(C)=O)[C@@H](COC(C)=O)O1. The molecule has 3 aliphatic rings. The molecule has 0 spiro atoms. The molecule has 0 saturated heterocycles. The summed E-state index contributed by atoms with van der Waals surface area (Å²) in [4.78, 5) is 68.5. The van der Waals surface area contributed by atoms with Crippen LogP contribution in [0.5, 0.6) is 0 Å².